The second-order valence-electron chi connectivity index (χ2n) is 6.28. The highest BCUT2D eigenvalue weighted by Crippen LogP contribution is 2.26. The molecule has 5 nitrogen and oxygen atoms in total. The van der Waals surface area contributed by atoms with E-state index in [1.807, 2.05) is 26.0 Å². The molecule has 0 spiro atoms. The number of anilines is 1. The van der Waals surface area contributed by atoms with Crippen LogP contribution in [0, 0.1) is 19.8 Å². The number of rotatable bonds is 2. The molecule has 24 heavy (non-hydrogen) atoms. The lowest BCUT2D eigenvalue weighted by molar-refractivity contribution is -0.120. The van der Waals surface area contributed by atoms with Crippen LogP contribution < -0.4 is 16.3 Å². The smallest absolute Gasteiger partial charge is 0.336 e. The van der Waals surface area contributed by atoms with Gasteiger partial charge in [0.05, 0.1) is 0 Å². The van der Waals surface area contributed by atoms with Gasteiger partial charge in [0.2, 0.25) is 5.91 Å². The van der Waals surface area contributed by atoms with E-state index in [1.54, 1.807) is 0 Å². The number of amides is 1. The summed E-state index contributed by atoms with van der Waals surface area (Å²) in [7, 11) is 0. The molecule has 2 aromatic rings. The fourth-order valence-electron chi connectivity index (χ4n) is 3.12. The Hall–Kier alpha value is -1.85. The minimum Gasteiger partial charge on any atom is -0.423 e. The molecule has 1 aromatic carbocycles. The number of aryl methyl sites for hydroxylation is 2. The largest absolute Gasteiger partial charge is 0.423 e. The average molecular weight is 351 g/mol. The van der Waals surface area contributed by atoms with Crippen molar-refractivity contribution in [1.82, 2.24) is 5.32 Å². The van der Waals surface area contributed by atoms with Crippen LogP contribution in [0.1, 0.15) is 30.4 Å². The summed E-state index contributed by atoms with van der Waals surface area (Å²) in [4.78, 5) is 24.0. The Morgan fingerprint density at radius 2 is 1.96 bits per heavy atom. The van der Waals surface area contributed by atoms with E-state index in [2.05, 4.69) is 10.6 Å². The molecule has 1 aliphatic rings. The van der Waals surface area contributed by atoms with Gasteiger partial charge in [0.25, 0.3) is 0 Å². The molecule has 1 aromatic heterocycles. The van der Waals surface area contributed by atoms with Gasteiger partial charge in [0, 0.05) is 23.1 Å². The normalized spacial score (nSPS) is 17.8. The third-order valence-corrected chi connectivity index (χ3v) is 4.50. The van der Waals surface area contributed by atoms with Crippen LogP contribution in [0.3, 0.4) is 0 Å². The van der Waals surface area contributed by atoms with Crippen LogP contribution in [0.2, 0.25) is 0 Å². The first-order chi connectivity index (χ1) is 11.0. The number of fused-ring (bicyclic) bond motifs is 1. The van der Waals surface area contributed by atoms with E-state index in [0.29, 0.717) is 5.58 Å². The Labute approximate surface area is 147 Å². The first-order valence-electron chi connectivity index (χ1n) is 8.11. The zero-order valence-electron chi connectivity index (χ0n) is 14.0. The van der Waals surface area contributed by atoms with Gasteiger partial charge in [0.1, 0.15) is 5.58 Å². The highest BCUT2D eigenvalue weighted by atomic mass is 35.5. The Kier molecular flexibility index (Phi) is 6.02. The monoisotopic (exact) mass is 350 g/mol. The highest BCUT2D eigenvalue weighted by Gasteiger charge is 2.20. The van der Waals surface area contributed by atoms with E-state index in [-0.39, 0.29) is 29.9 Å². The highest BCUT2D eigenvalue weighted by molar-refractivity contribution is 5.96. The van der Waals surface area contributed by atoms with E-state index >= 15 is 0 Å². The number of hydrogen-bond donors (Lipinski definition) is 2. The molecule has 1 aliphatic heterocycles. The SMILES string of the molecule is Cc1cc2oc(=O)cc(C)c2cc1NC(=O)C1CCCNCC1.Cl. The summed E-state index contributed by atoms with van der Waals surface area (Å²) in [6, 6.07) is 5.18. The fourth-order valence-corrected chi connectivity index (χ4v) is 3.12. The van der Waals surface area contributed by atoms with Crippen molar-refractivity contribution >= 4 is 35.0 Å². The van der Waals surface area contributed by atoms with E-state index < -0.39 is 0 Å². The number of halogens is 1. The molecule has 1 saturated heterocycles. The lowest BCUT2D eigenvalue weighted by atomic mass is 9.99. The third-order valence-electron chi connectivity index (χ3n) is 4.50. The van der Waals surface area contributed by atoms with Crippen LogP contribution in [0.15, 0.2) is 27.4 Å². The van der Waals surface area contributed by atoms with Crippen LogP contribution in [0.4, 0.5) is 5.69 Å². The lowest BCUT2D eigenvalue weighted by Gasteiger charge is -2.16. The Bertz CT molecular complexity index is 793. The van der Waals surface area contributed by atoms with Crippen LogP contribution in [-0.4, -0.2) is 19.0 Å². The number of carbonyl (C=O) groups excluding carboxylic acids is 1. The average Bonchev–Trinajstić information content (AvgIpc) is 2.77. The van der Waals surface area contributed by atoms with E-state index in [0.717, 1.165) is 54.6 Å². The topological polar surface area (TPSA) is 71.3 Å². The molecule has 1 amide bonds. The van der Waals surface area contributed by atoms with E-state index in [1.165, 1.54) is 6.07 Å². The predicted molar refractivity (Wildman–Crippen MR) is 98.0 cm³/mol. The molecule has 0 radical (unpaired) electrons. The van der Waals surface area contributed by atoms with Crippen molar-refractivity contribution in [2.24, 2.45) is 5.92 Å². The van der Waals surface area contributed by atoms with Crippen molar-refractivity contribution < 1.29 is 9.21 Å². The van der Waals surface area contributed by atoms with Gasteiger partial charge < -0.3 is 15.1 Å². The minimum absolute atomic E-state index is 0. The number of carbonyl (C=O) groups is 1. The molecule has 1 atom stereocenters. The molecule has 130 valence electrons. The molecule has 3 rings (SSSR count). The van der Waals surface area contributed by atoms with Crippen LogP contribution in [0.25, 0.3) is 11.0 Å². The number of nitrogens with one attached hydrogen (secondary N) is 2. The third kappa shape index (κ3) is 3.97. The summed E-state index contributed by atoms with van der Waals surface area (Å²) < 4.78 is 5.24. The maximum atomic E-state index is 12.5. The molecule has 2 heterocycles. The molecule has 0 saturated carbocycles. The summed E-state index contributed by atoms with van der Waals surface area (Å²) in [6.07, 6.45) is 2.81. The van der Waals surface area contributed by atoms with Crippen molar-refractivity contribution in [3.05, 3.63) is 39.7 Å². The van der Waals surface area contributed by atoms with Crippen LogP contribution in [-0.2, 0) is 4.79 Å². The van der Waals surface area contributed by atoms with Gasteiger partial charge in [-0.15, -0.1) is 12.4 Å². The van der Waals surface area contributed by atoms with Gasteiger partial charge in [-0.25, -0.2) is 4.79 Å². The second-order valence-corrected chi connectivity index (χ2v) is 6.28. The second kappa shape index (κ2) is 7.81. The summed E-state index contributed by atoms with van der Waals surface area (Å²) in [5, 5.41) is 7.23. The van der Waals surface area contributed by atoms with E-state index in [4.69, 9.17) is 4.42 Å². The van der Waals surface area contributed by atoms with Gasteiger partial charge in [0.15, 0.2) is 0 Å². The minimum atomic E-state index is -0.350. The predicted octanol–water partition coefficient (Wildman–Crippen LogP) is 3.16. The Morgan fingerprint density at radius 3 is 2.75 bits per heavy atom. The zero-order valence-corrected chi connectivity index (χ0v) is 14.8. The summed E-state index contributed by atoms with van der Waals surface area (Å²) >= 11 is 0. The standard InChI is InChI=1S/C18H22N2O3.ClH/c1-11-9-17(21)23-16-8-12(2)15(10-14(11)16)20-18(22)13-4-3-6-19-7-5-13;/h8-10,13,19H,3-7H2,1-2H3,(H,20,22);1H. The maximum absolute atomic E-state index is 12.5. The quantitative estimate of drug-likeness (QED) is 0.816. The first kappa shape index (κ1) is 18.5. The summed E-state index contributed by atoms with van der Waals surface area (Å²) in [6.45, 7) is 5.65. The lowest BCUT2D eigenvalue weighted by Crippen LogP contribution is -2.24. The van der Waals surface area contributed by atoms with Gasteiger partial charge in [-0.1, -0.05) is 0 Å². The molecular weight excluding hydrogens is 328 g/mol. The van der Waals surface area contributed by atoms with Crippen LogP contribution >= 0.6 is 12.4 Å². The number of benzene rings is 1. The molecular formula is C18H23ClN2O3. The van der Waals surface area contributed by atoms with Gasteiger partial charge >= 0.3 is 5.63 Å². The van der Waals surface area contributed by atoms with Crippen molar-refractivity contribution in [1.29, 1.82) is 0 Å². The van der Waals surface area contributed by atoms with Crippen molar-refractivity contribution in [2.45, 2.75) is 33.1 Å². The Morgan fingerprint density at radius 1 is 1.17 bits per heavy atom. The van der Waals surface area contributed by atoms with Crippen molar-refractivity contribution in [3.8, 4) is 0 Å². The summed E-state index contributed by atoms with van der Waals surface area (Å²) in [5.74, 6) is 0.126. The molecule has 1 unspecified atom stereocenters. The van der Waals surface area contributed by atoms with Gasteiger partial charge in [-0.3, -0.25) is 4.79 Å². The van der Waals surface area contributed by atoms with E-state index in [9.17, 15) is 9.59 Å². The van der Waals surface area contributed by atoms with Crippen molar-refractivity contribution in [2.75, 3.05) is 18.4 Å². The first-order valence-corrected chi connectivity index (χ1v) is 8.11. The summed E-state index contributed by atoms with van der Waals surface area (Å²) in [5.41, 5.74) is 2.75. The van der Waals surface area contributed by atoms with Crippen molar-refractivity contribution in [3.63, 3.8) is 0 Å². The molecule has 6 heteroatoms. The molecule has 2 N–H and O–H groups in total. The molecule has 0 aliphatic carbocycles. The fraction of sp³-hybridized carbons (Fsp3) is 0.444. The van der Waals surface area contributed by atoms with Crippen LogP contribution in [0.5, 0.6) is 0 Å². The molecule has 0 bridgehead atoms. The van der Waals surface area contributed by atoms with Gasteiger partial charge in [-0.05, 0) is 69.5 Å². The maximum Gasteiger partial charge on any atom is 0.336 e. The Balaban J connectivity index is 0.00000208. The number of hydrogen-bond acceptors (Lipinski definition) is 4. The molecule has 1 fully saturated rings. The zero-order chi connectivity index (χ0) is 16.4. The van der Waals surface area contributed by atoms with Gasteiger partial charge in [-0.2, -0.15) is 0 Å².